The van der Waals surface area contributed by atoms with Crippen LogP contribution in [0, 0.1) is 5.92 Å². The van der Waals surface area contributed by atoms with Crippen LogP contribution in [0.2, 0.25) is 0 Å². The van der Waals surface area contributed by atoms with Gasteiger partial charge in [0.1, 0.15) is 0 Å². The summed E-state index contributed by atoms with van der Waals surface area (Å²) in [6.45, 7) is 6.75. The fourth-order valence-corrected chi connectivity index (χ4v) is 2.12. The van der Waals surface area contributed by atoms with E-state index in [0.29, 0.717) is 0 Å². The molecule has 1 unspecified atom stereocenters. The molecule has 0 aliphatic carbocycles. The lowest BCUT2D eigenvalue weighted by Crippen LogP contribution is -2.23. The van der Waals surface area contributed by atoms with Gasteiger partial charge in [-0.2, -0.15) is 0 Å². The second-order valence-corrected chi connectivity index (χ2v) is 5.26. The maximum absolute atomic E-state index is 3.50. The first kappa shape index (κ1) is 12.7. The van der Waals surface area contributed by atoms with E-state index >= 15 is 0 Å². The molecule has 2 heteroatoms. The van der Waals surface area contributed by atoms with Gasteiger partial charge in [0.2, 0.25) is 0 Å². The van der Waals surface area contributed by atoms with Crippen molar-refractivity contribution in [2.45, 2.75) is 26.8 Å². The highest BCUT2D eigenvalue weighted by atomic mass is 79.9. The molecule has 0 aliphatic rings. The molecule has 0 heterocycles. The van der Waals surface area contributed by atoms with E-state index < -0.39 is 0 Å². The van der Waals surface area contributed by atoms with Crippen LogP contribution in [0.25, 0.3) is 0 Å². The molecule has 0 bridgehead atoms. The van der Waals surface area contributed by atoms with Crippen LogP contribution in [-0.4, -0.2) is 18.5 Å². The minimum Gasteiger partial charge on any atom is -0.302 e. The Hall–Kier alpha value is -0.340. The predicted molar refractivity (Wildman–Crippen MR) is 69.9 cm³/mol. The summed E-state index contributed by atoms with van der Waals surface area (Å²) in [6, 6.07) is 8.53. The number of nitrogens with zero attached hydrogens (tertiary/aromatic N) is 1. The van der Waals surface area contributed by atoms with E-state index in [1.807, 2.05) is 0 Å². The summed E-state index contributed by atoms with van der Waals surface area (Å²) in [6.07, 6.45) is 1.25. The molecule has 15 heavy (non-hydrogen) atoms. The minimum absolute atomic E-state index is 0.780. The lowest BCUT2D eigenvalue weighted by molar-refractivity contribution is 0.275. The summed E-state index contributed by atoms with van der Waals surface area (Å²) in [5.74, 6) is 0.780. The molecule has 0 aromatic heterocycles. The Kier molecular flexibility index (Phi) is 5.34. The monoisotopic (exact) mass is 269 g/mol. The topological polar surface area (TPSA) is 3.24 Å². The quantitative estimate of drug-likeness (QED) is 0.783. The molecular formula is C13H20BrN. The third-order valence-electron chi connectivity index (χ3n) is 2.66. The summed E-state index contributed by atoms with van der Waals surface area (Å²) >= 11 is 3.50. The molecule has 1 atom stereocenters. The number of hydrogen-bond acceptors (Lipinski definition) is 1. The lowest BCUT2D eigenvalue weighted by atomic mass is 10.1. The highest BCUT2D eigenvalue weighted by Gasteiger charge is 2.05. The van der Waals surface area contributed by atoms with Gasteiger partial charge >= 0.3 is 0 Å². The van der Waals surface area contributed by atoms with Gasteiger partial charge in [0.05, 0.1) is 0 Å². The minimum atomic E-state index is 0.780. The summed E-state index contributed by atoms with van der Waals surface area (Å²) in [5, 5.41) is 0. The Morgan fingerprint density at radius 2 is 2.13 bits per heavy atom. The fourth-order valence-electron chi connectivity index (χ4n) is 1.67. The van der Waals surface area contributed by atoms with Crippen LogP contribution < -0.4 is 0 Å². The first-order valence-corrected chi connectivity index (χ1v) is 6.34. The molecule has 0 N–H and O–H groups in total. The van der Waals surface area contributed by atoms with Crippen molar-refractivity contribution < 1.29 is 0 Å². The molecule has 0 aliphatic heterocycles. The Balaban J connectivity index is 2.47. The SMILES string of the molecule is CCC(C)CN(C)Cc1cccc(Br)c1. The fraction of sp³-hybridized carbons (Fsp3) is 0.538. The Morgan fingerprint density at radius 3 is 2.73 bits per heavy atom. The van der Waals surface area contributed by atoms with Crippen LogP contribution in [0.1, 0.15) is 25.8 Å². The standard InChI is InChI=1S/C13H20BrN/c1-4-11(2)9-15(3)10-12-6-5-7-13(14)8-12/h5-8,11H,4,9-10H2,1-3H3. The molecule has 0 radical (unpaired) electrons. The van der Waals surface area contributed by atoms with Crippen molar-refractivity contribution in [2.24, 2.45) is 5.92 Å². The second kappa shape index (κ2) is 6.29. The Morgan fingerprint density at radius 1 is 1.40 bits per heavy atom. The first-order chi connectivity index (χ1) is 7.11. The zero-order chi connectivity index (χ0) is 11.3. The highest BCUT2D eigenvalue weighted by molar-refractivity contribution is 9.10. The molecule has 1 nitrogen and oxygen atoms in total. The van der Waals surface area contributed by atoms with Crippen LogP contribution in [0.15, 0.2) is 28.7 Å². The zero-order valence-electron chi connectivity index (χ0n) is 9.83. The smallest absolute Gasteiger partial charge is 0.0231 e. The molecule has 1 rings (SSSR count). The summed E-state index contributed by atoms with van der Waals surface area (Å²) in [4.78, 5) is 2.38. The van der Waals surface area contributed by atoms with E-state index in [2.05, 4.69) is 66.0 Å². The van der Waals surface area contributed by atoms with Crippen molar-refractivity contribution in [1.29, 1.82) is 0 Å². The van der Waals surface area contributed by atoms with Gasteiger partial charge in [-0.15, -0.1) is 0 Å². The molecule has 0 spiro atoms. The molecule has 1 aromatic carbocycles. The predicted octanol–water partition coefficient (Wildman–Crippen LogP) is 3.93. The number of rotatable bonds is 5. The second-order valence-electron chi connectivity index (χ2n) is 4.34. The molecule has 84 valence electrons. The van der Waals surface area contributed by atoms with E-state index in [-0.39, 0.29) is 0 Å². The van der Waals surface area contributed by atoms with Crippen LogP contribution in [0.4, 0.5) is 0 Å². The van der Waals surface area contributed by atoms with Crippen LogP contribution in [-0.2, 0) is 6.54 Å². The van der Waals surface area contributed by atoms with Gasteiger partial charge in [0, 0.05) is 17.6 Å². The van der Waals surface area contributed by atoms with Crippen molar-refractivity contribution in [3.63, 3.8) is 0 Å². The van der Waals surface area contributed by atoms with Gasteiger partial charge in [-0.1, -0.05) is 48.3 Å². The summed E-state index contributed by atoms with van der Waals surface area (Å²) in [7, 11) is 2.19. The normalized spacial score (nSPS) is 13.1. The molecule has 0 fully saturated rings. The number of halogens is 1. The lowest BCUT2D eigenvalue weighted by Gasteiger charge is -2.20. The summed E-state index contributed by atoms with van der Waals surface area (Å²) < 4.78 is 1.16. The van der Waals surface area contributed by atoms with E-state index in [1.165, 1.54) is 18.5 Å². The Bertz CT molecular complexity index is 298. The Labute approximate surface area is 102 Å². The molecule has 0 saturated carbocycles. The third-order valence-corrected chi connectivity index (χ3v) is 3.16. The van der Waals surface area contributed by atoms with E-state index in [9.17, 15) is 0 Å². The molecule has 1 aromatic rings. The average molecular weight is 270 g/mol. The molecule has 0 amide bonds. The zero-order valence-corrected chi connectivity index (χ0v) is 11.4. The van der Waals surface area contributed by atoms with E-state index in [0.717, 1.165) is 16.9 Å². The van der Waals surface area contributed by atoms with Crippen LogP contribution in [0.5, 0.6) is 0 Å². The highest BCUT2D eigenvalue weighted by Crippen LogP contribution is 2.13. The molecular weight excluding hydrogens is 250 g/mol. The van der Waals surface area contributed by atoms with Crippen molar-refractivity contribution in [1.82, 2.24) is 4.90 Å². The number of benzene rings is 1. The van der Waals surface area contributed by atoms with Crippen LogP contribution >= 0.6 is 15.9 Å². The summed E-state index contributed by atoms with van der Waals surface area (Å²) in [5.41, 5.74) is 1.37. The van der Waals surface area contributed by atoms with Crippen molar-refractivity contribution in [3.8, 4) is 0 Å². The van der Waals surface area contributed by atoms with Gasteiger partial charge < -0.3 is 4.90 Å². The number of hydrogen-bond donors (Lipinski definition) is 0. The van der Waals surface area contributed by atoms with Gasteiger partial charge in [-0.3, -0.25) is 0 Å². The third kappa shape index (κ3) is 4.80. The molecule has 0 saturated heterocycles. The van der Waals surface area contributed by atoms with Crippen molar-refractivity contribution in [2.75, 3.05) is 13.6 Å². The van der Waals surface area contributed by atoms with Gasteiger partial charge in [-0.25, -0.2) is 0 Å². The van der Waals surface area contributed by atoms with E-state index in [4.69, 9.17) is 0 Å². The van der Waals surface area contributed by atoms with E-state index in [1.54, 1.807) is 0 Å². The van der Waals surface area contributed by atoms with Gasteiger partial charge in [0.25, 0.3) is 0 Å². The largest absolute Gasteiger partial charge is 0.302 e. The maximum Gasteiger partial charge on any atom is 0.0231 e. The van der Waals surface area contributed by atoms with Crippen molar-refractivity contribution in [3.05, 3.63) is 34.3 Å². The maximum atomic E-state index is 3.50. The average Bonchev–Trinajstić information content (AvgIpc) is 2.17. The van der Waals surface area contributed by atoms with Crippen LogP contribution in [0.3, 0.4) is 0 Å². The van der Waals surface area contributed by atoms with Gasteiger partial charge in [-0.05, 0) is 30.7 Å². The van der Waals surface area contributed by atoms with Crippen molar-refractivity contribution >= 4 is 15.9 Å². The first-order valence-electron chi connectivity index (χ1n) is 5.54. The van der Waals surface area contributed by atoms with Gasteiger partial charge in [0.15, 0.2) is 0 Å².